The number of nitrogens with one attached hydrogen (secondary N) is 1. The lowest BCUT2D eigenvalue weighted by Crippen LogP contribution is -2.15. The zero-order valence-corrected chi connectivity index (χ0v) is 8.59. The highest BCUT2D eigenvalue weighted by Gasteiger charge is 2.10. The van der Waals surface area contributed by atoms with Crippen LogP contribution in [0.15, 0.2) is 18.2 Å². The first-order valence-corrected chi connectivity index (χ1v) is 5.29. The molecule has 1 aromatic carbocycles. The molecule has 76 valence electrons. The fourth-order valence-electron chi connectivity index (χ4n) is 1.95. The summed E-state index contributed by atoms with van der Waals surface area (Å²) in [5.74, 6) is 0. The Labute approximate surface area is 85.0 Å². The molecule has 0 heterocycles. The number of rotatable bonds is 3. The van der Waals surface area contributed by atoms with Crippen LogP contribution in [-0.2, 0) is 12.8 Å². The van der Waals surface area contributed by atoms with E-state index in [2.05, 4.69) is 23.5 Å². The Balaban J connectivity index is 2.05. The lowest BCUT2D eigenvalue weighted by atomic mass is 10.1. The van der Waals surface area contributed by atoms with Gasteiger partial charge in [-0.25, -0.2) is 0 Å². The Morgan fingerprint density at radius 3 is 2.93 bits per heavy atom. The molecule has 14 heavy (non-hydrogen) atoms. The zero-order chi connectivity index (χ0) is 9.97. The molecule has 1 aliphatic carbocycles. The second-order valence-electron chi connectivity index (χ2n) is 4.07. The van der Waals surface area contributed by atoms with Crippen LogP contribution in [-0.4, -0.2) is 17.8 Å². The van der Waals surface area contributed by atoms with E-state index in [-0.39, 0.29) is 6.10 Å². The predicted molar refractivity (Wildman–Crippen MR) is 58.6 cm³/mol. The molecule has 2 nitrogen and oxygen atoms in total. The molecule has 1 unspecified atom stereocenters. The summed E-state index contributed by atoms with van der Waals surface area (Å²) in [6, 6.07) is 6.52. The Bertz CT molecular complexity index is 320. The number of aryl methyl sites for hydroxylation is 2. The Hall–Kier alpha value is -1.02. The number of aliphatic hydroxyl groups is 1. The maximum absolute atomic E-state index is 9.14. The van der Waals surface area contributed by atoms with E-state index in [0.717, 1.165) is 5.69 Å². The summed E-state index contributed by atoms with van der Waals surface area (Å²) >= 11 is 0. The lowest BCUT2D eigenvalue weighted by molar-refractivity contribution is 0.208. The van der Waals surface area contributed by atoms with Crippen molar-refractivity contribution in [1.82, 2.24) is 0 Å². The molecule has 0 fully saturated rings. The van der Waals surface area contributed by atoms with Crippen LogP contribution in [0.5, 0.6) is 0 Å². The Morgan fingerprint density at radius 2 is 2.14 bits per heavy atom. The van der Waals surface area contributed by atoms with Gasteiger partial charge in [-0.2, -0.15) is 0 Å². The van der Waals surface area contributed by atoms with Crippen molar-refractivity contribution in [3.63, 3.8) is 0 Å². The maximum Gasteiger partial charge on any atom is 0.0684 e. The van der Waals surface area contributed by atoms with E-state index in [9.17, 15) is 0 Å². The largest absolute Gasteiger partial charge is 0.392 e. The molecular formula is C12H17NO. The molecule has 2 rings (SSSR count). The van der Waals surface area contributed by atoms with E-state index in [0.29, 0.717) is 6.54 Å². The average molecular weight is 191 g/mol. The summed E-state index contributed by atoms with van der Waals surface area (Å²) in [7, 11) is 0. The fraction of sp³-hybridized carbons (Fsp3) is 0.500. The minimum absolute atomic E-state index is 0.289. The van der Waals surface area contributed by atoms with Gasteiger partial charge in [-0.3, -0.25) is 0 Å². The maximum atomic E-state index is 9.14. The quantitative estimate of drug-likeness (QED) is 0.765. The molecular weight excluding hydrogens is 174 g/mol. The van der Waals surface area contributed by atoms with Gasteiger partial charge in [0.1, 0.15) is 0 Å². The van der Waals surface area contributed by atoms with E-state index in [1.807, 2.05) is 0 Å². The Kier molecular flexibility index (Phi) is 2.73. The number of benzene rings is 1. The van der Waals surface area contributed by atoms with Gasteiger partial charge in [0.2, 0.25) is 0 Å². The van der Waals surface area contributed by atoms with Gasteiger partial charge in [0.05, 0.1) is 6.10 Å². The van der Waals surface area contributed by atoms with Crippen LogP contribution >= 0.6 is 0 Å². The smallest absolute Gasteiger partial charge is 0.0684 e. The molecule has 1 atom stereocenters. The van der Waals surface area contributed by atoms with Crippen molar-refractivity contribution >= 4 is 5.69 Å². The van der Waals surface area contributed by atoms with Gasteiger partial charge < -0.3 is 10.4 Å². The van der Waals surface area contributed by atoms with Gasteiger partial charge in [-0.15, -0.1) is 0 Å². The Morgan fingerprint density at radius 1 is 1.36 bits per heavy atom. The minimum atomic E-state index is -0.289. The van der Waals surface area contributed by atoms with Crippen LogP contribution in [0.3, 0.4) is 0 Å². The van der Waals surface area contributed by atoms with Crippen molar-refractivity contribution in [2.45, 2.75) is 32.3 Å². The van der Waals surface area contributed by atoms with Crippen LogP contribution in [0, 0.1) is 0 Å². The molecule has 2 N–H and O–H groups in total. The van der Waals surface area contributed by atoms with Gasteiger partial charge in [0.25, 0.3) is 0 Å². The molecule has 1 aromatic rings. The number of aliphatic hydroxyl groups excluding tert-OH is 1. The molecule has 0 radical (unpaired) electrons. The van der Waals surface area contributed by atoms with E-state index >= 15 is 0 Å². The normalized spacial score (nSPS) is 16.4. The molecule has 0 spiro atoms. The summed E-state index contributed by atoms with van der Waals surface area (Å²) < 4.78 is 0. The first-order chi connectivity index (χ1) is 6.75. The van der Waals surface area contributed by atoms with Gasteiger partial charge in [-0.1, -0.05) is 6.07 Å². The fourth-order valence-corrected chi connectivity index (χ4v) is 1.95. The molecule has 0 bridgehead atoms. The van der Waals surface area contributed by atoms with Crippen LogP contribution in [0.4, 0.5) is 5.69 Å². The van der Waals surface area contributed by atoms with E-state index in [1.54, 1.807) is 6.92 Å². The predicted octanol–water partition coefficient (Wildman–Crippen LogP) is 1.97. The highest BCUT2D eigenvalue weighted by atomic mass is 16.3. The van der Waals surface area contributed by atoms with Crippen molar-refractivity contribution in [3.05, 3.63) is 29.3 Å². The standard InChI is InChI=1S/C12H17NO/c1-9(14)8-13-12-6-5-10-3-2-4-11(10)7-12/h5-7,9,13-14H,2-4,8H2,1H3. The molecule has 0 aliphatic heterocycles. The number of hydrogen-bond donors (Lipinski definition) is 2. The number of hydrogen-bond acceptors (Lipinski definition) is 2. The monoisotopic (exact) mass is 191 g/mol. The van der Waals surface area contributed by atoms with Crippen molar-refractivity contribution in [1.29, 1.82) is 0 Å². The third-order valence-corrected chi connectivity index (χ3v) is 2.70. The summed E-state index contributed by atoms with van der Waals surface area (Å²) in [6.45, 7) is 2.42. The topological polar surface area (TPSA) is 32.3 Å². The third-order valence-electron chi connectivity index (χ3n) is 2.70. The lowest BCUT2D eigenvalue weighted by Gasteiger charge is -2.09. The molecule has 1 aliphatic rings. The first-order valence-electron chi connectivity index (χ1n) is 5.29. The second-order valence-corrected chi connectivity index (χ2v) is 4.07. The minimum Gasteiger partial charge on any atom is -0.392 e. The summed E-state index contributed by atoms with van der Waals surface area (Å²) in [5.41, 5.74) is 4.10. The molecule has 0 saturated heterocycles. The average Bonchev–Trinajstić information content (AvgIpc) is 2.61. The van der Waals surface area contributed by atoms with E-state index in [4.69, 9.17) is 5.11 Å². The second kappa shape index (κ2) is 4.01. The van der Waals surface area contributed by atoms with Crippen molar-refractivity contribution in [2.24, 2.45) is 0 Å². The highest BCUT2D eigenvalue weighted by molar-refractivity contribution is 5.50. The van der Waals surface area contributed by atoms with Gasteiger partial charge in [0, 0.05) is 12.2 Å². The van der Waals surface area contributed by atoms with Crippen LogP contribution in [0.25, 0.3) is 0 Å². The van der Waals surface area contributed by atoms with E-state index in [1.165, 1.54) is 30.4 Å². The third kappa shape index (κ3) is 2.07. The molecule has 0 aromatic heterocycles. The SMILES string of the molecule is CC(O)CNc1ccc2c(c1)CCC2. The number of anilines is 1. The summed E-state index contributed by atoms with van der Waals surface area (Å²) in [5, 5.41) is 12.4. The van der Waals surface area contributed by atoms with Crippen LogP contribution < -0.4 is 5.32 Å². The van der Waals surface area contributed by atoms with Gasteiger partial charge in [0.15, 0.2) is 0 Å². The molecule has 2 heteroatoms. The summed E-state index contributed by atoms with van der Waals surface area (Å²) in [4.78, 5) is 0. The molecule has 0 amide bonds. The van der Waals surface area contributed by atoms with Crippen molar-refractivity contribution in [3.8, 4) is 0 Å². The van der Waals surface area contributed by atoms with Crippen molar-refractivity contribution < 1.29 is 5.11 Å². The van der Waals surface area contributed by atoms with Gasteiger partial charge in [-0.05, 0) is 49.4 Å². The molecule has 0 saturated carbocycles. The van der Waals surface area contributed by atoms with Crippen LogP contribution in [0.1, 0.15) is 24.5 Å². The summed E-state index contributed by atoms with van der Waals surface area (Å²) in [6.07, 6.45) is 3.43. The highest BCUT2D eigenvalue weighted by Crippen LogP contribution is 2.24. The van der Waals surface area contributed by atoms with E-state index < -0.39 is 0 Å². The van der Waals surface area contributed by atoms with Crippen LogP contribution in [0.2, 0.25) is 0 Å². The van der Waals surface area contributed by atoms with Gasteiger partial charge >= 0.3 is 0 Å². The van der Waals surface area contributed by atoms with Crippen molar-refractivity contribution in [2.75, 3.05) is 11.9 Å². The first kappa shape index (κ1) is 9.53. The number of fused-ring (bicyclic) bond motifs is 1. The zero-order valence-electron chi connectivity index (χ0n) is 8.59.